The summed E-state index contributed by atoms with van der Waals surface area (Å²) in [5.41, 5.74) is 2.58. The van der Waals surface area contributed by atoms with Gasteiger partial charge in [-0.2, -0.15) is 4.90 Å². The first-order valence-electron chi connectivity index (χ1n) is 13.5. The molecule has 0 aliphatic rings. The molecule has 1 aromatic heterocycles. The number of benzene rings is 3. The number of esters is 1. The van der Waals surface area contributed by atoms with Crippen molar-refractivity contribution in [2.45, 2.75) is 38.1 Å². The van der Waals surface area contributed by atoms with Gasteiger partial charge >= 0.3 is 18.2 Å². The molecule has 0 unspecified atom stereocenters. The van der Waals surface area contributed by atoms with Crippen molar-refractivity contribution in [2.24, 2.45) is 0 Å². The van der Waals surface area contributed by atoms with Crippen LogP contribution in [0.2, 0.25) is 0 Å². The number of imide groups is 1. The zero-order chi connectivity index (χ0) is 30.4. The zero-order valence-electron chi connectivity index (χ0n) is 23.6. The van der Waals surface area contributed by atoms with Crippen LogP contribution in [0.3, 0.4) is 0 Å². The fourth-order valence-corrected chi connectivity index (χ4v) is 4.27. The van der Waals surface area contributed by atoms with Crippen molar-refractivity contribution < 1.29 is 33.4 Å². The Balaban J connectivity index is 1.62. The number of carbonyl (C=O) groups is 4. The molecular formula is C32H32N4O7. The quantitative estimate of drug-likeness (QED) is 0.187. The number of nitrogens with zero attached hydrogens (tertiary/aromatic N) is 2. The number of nitrogens with one attached hydrogen (secondary N) is 2. The normalized spacial score (nSPS) is 11.9. The van der Waals surface area contributed by atoms with Gasteiger partial charge in [0.05, 0.1) is 13.4 Å². The Morgan fingerprint density at radius 3 is 1.74 bits per heavy atom. The largest absolute Gasteiger partial charge is 0.467 e. The molecule has 0 saturated heterocycles. The molecule has 0 bridgehead atoms. The van der Waals surface area contributed by atoms with Gasteiger partial charge in [0.2, 0.25) is 5.91 Å². The van der Waals surface area contributed by atoms with E-state index in [-0.39, 0.29) is 26.1 Å². The predicted octanol–water partition coefficient (Wildman–Crippen LogP) is 4.20. The lowest BCUT2D eigenvalue weighted by molar-refractivity contribution is -0.145. The molecule has 0 aliphatic heterocycles. The van der Waals surface area contributed by atoms with Crippen LogP contribution in [0.15, 0.2) is 104 Å². The van der Waals surface area contributed by atoms with Crippen LogP contribution in [0.5, 0.6) is 0 Å². The van der Waals surface area contributed by atoms with Gasteiger partial charge < -0.3 is 24.5 Å². The first-order chi connectivity index (χ1) is 20.9. The Hall–Kier alpha value is -5.45. The third kappa shape index (κ3) is 9.02. The van der Waals surface area contributed by atoms with E-state index in [9.17, 15) is 19.2 Å². The average Bonchev–Trinajstić information content (AvgIpc) is 3.56. The molecule has 2 N–H and O–H groups in total. The van der Waals surface area contributed by atoms with Crippen LogP contribution < -0.4 is 5.32 Å². The number of methoxy groups -OCH3 is 1. The Bertz CT molecular complexity index is 1410. The number of carbonyl (C=O) groups excluding carboxylic acids is 4. The highest BCUT2D eigenvalue weighted by molar-refractivity contribution is 5.96. The summed E-state index contributed by atoms with van der Waals surface area (Å²) < 4.78 is 15.9. The van der Waals surface area contributed by atoms with Gasteiger partial charge in [-0.15, -0.1) is 0 Å². The molecule has 0 saturated carbocycles. The lowest BCUT2D eigenvalue weighted by Gasteiger charge is -2.29. The number of aromatic nitrogens is 2. The average molecular weight is 585 g/mol. The highest BCUT2D eigenvalue weighted by atomic mass is 16.6. The van der Waals surface area contributed by atoms with E-state index >= 15 is 0 Å². The Labute approximate surface area is 248 Å². The van der Waals surface area contributed by atoms with E-state index in [0.717, 1.165) is 5.56 Å². The van der Waals surface area contributed by atoms with E-state index < -0.39 is 36.1 Å². The minimum atomic E-state index is -1.48. The number of hydrogen-bond acceptors (Lipinski definition) is 8. The molecule has 3 amide bonds. The summed E-state index contributed by atoms with van der Waals surface area (Å²) in [4.78, 5) is 61.1. The molecule has 3 aromatic carbocycles. The Kier molecular flexibility index (Phi) is 11.0. The maximum Gasteiger partial charge on any atom is 0.420 e. The van der Waals surface area contributed by atoms with Gasteiger partial charge in [-0.3, -0.25) is 4.79 Å². The van der Waals surface area contributed by atoms with Crippen LogP contribution in [-0.2, 0) is 49.9 Å². The maximum atomic E-state index is 13.9. The van der Waals surface area contributed by atoms with Crippen LogP contribution in [0.4, 0.5) is 9.59 Å². The van der Waals surface area contributed by atoms with Crippen molar-refractivity contribution in [3.63, 3.8) is 0 Å². The number of aromatic amines is 1. The lowest BCUT2D eigenvalue weighted by atomic mass is 10.0. The summed E-state index contributed by atoms with van der Waals surface area (Å²) in [7, 11) is 1.21. The van der Waals surface area contributed by atoms with E-state index in [1.165, 1.54) is 19.6 Å². The maximum absolute atomic E-state index is 13.9. The second-order valence-corrected chi connectivity index (χ2v) is 9.52. The minimum absolute atomic E-state index is 0.118. The van der Waals surface area contributed by atoms with Gasteiger partial charge in [0.1, 0.15) is 25.3 Å². The van der Waals surface area contributed by atoms with Gasteiger partial charge in [-0.05, 0) is 16.7 Å². The summed E-state index contributed by atoms with van der Waals surface area (Å²) in [5, 5.41) is 2.66. The number of hydrogen-bond donors (Lipinski definition) is 2. The lowest BCUT2D eigenvalue weighted by Crippen LogP contribution is -2.56. The number of ether oxygens (including phenoxy) is 3. The minimum Gasteiger partial charge on any atom is -0.467 e. The highest BCUT2D eigenvalue weighted by Gasteiger charge is 2.39. The van der Waals surface area contributed by atoms with E-state index in [0.29, 0.717) is 21.7 Å². The molecule has 4 rings (SSSR count). The van der Waals surface area contributed by atoms with Crippen molar-refractivity contribution >= 4 is 24.1 Å². The van der Waals surface area contributed by atoms with Crippen LogP contribution in [0.1, 0.15) is 22.4 Å². The highest BCUT2D eigenvalue weighted by Crippen LogP contribution is 2.16. The number of amides is 3. The summed E-state index contributed by atoms with van der Waals surface area (Å²) in [6.45, 7) is -0.307. The fourth-order valence-electron chi connectivity index (χ4n) is 4.27. The Morgan fingerprint density at radius 1 is 0.767 bits per heavy atom. The predicted molar refractivity (Wildman–Crippen MR) is 155 cm³/mol. The third-order valence-corrected chi connectivity index (χ3v) is 6.47. The molecule has 1 heterocycles. The van der Waals surface area contributed by atoms with E-state index in [2.05, 4.69) is 15.3 Å². The van der Waals surface area contributed by atoms with Crippen molar-refractivity contribution in [2.75, 3.05) is 7.11 Å². The zero-order valence-corrected chi connectivity index (χ0v) is 23.6. The summed E-state index contributed by atoms with van der Waals surface area (Å²) in [6, 6.07) is 24.2. The first kappa shape index (κ1) is 30.5. The molecule has 2 atom stereocenters. The number of imidazole rings is 1. The summed E-state index contributed by atoms with van der Waals surface area (Å²) in [6.07, 6.45) is 0.630. The Morgan fingerprint density at radius 2 is 1.28 bits per heavy atom. The molecule has 43 heavy (non-hydrogen) atoms. The fraction of sp³-hybridized carbons (Fsp3) is 0.219. The second kappa shape index (κ2) is 15.5. The molecule has 4 aromatic rings. The van der Waals surface area contributed by atoms with Crippen LogP contribution >= 0.6 is 0 Å². The topological polar surface area (TPSA) is 140 Å². The smallest absolute Gasteiger partial charge is 0.420 e. The van der Waals surface area contributed by atoms with Crippen molar-refractivity contribution in [1.82, 2.24) is 20.2 Å². The van der Waals surface area contributed by atoms with E-state index in [4.69, 9.17) is 14.2 Å². The van der Waals surface area contributed by atoms with Crippen molar-refractivity contribution in [3.05, 3.63) is 126 Å². The monoisotopic (exact) mass is 584 g/mol. The van der Waals surface area contributed by atoms with E-state index in [1.807, 2.05) is 18.2 Å². The molecular weight excluding hydrogens is 552 g/mol. The number of H-pyrrole nitrogens is 1. The van der Waals surface area contributed by atoms with Gasteiger partial charge in [0, 0.05) is 24.7 Å². The van der Waals surface area contributed by atoms with Crippen molar-refractivity contribution in [1.29, 1.82) is 0 Å². The molecule has 0 aliphatic carbocycles. The summed E-state index contributed by atoms with van der Waals surface area (Å²) >= 11 is 0. The van der Waals surface area contributed by atoms with Gasteiger partial charge in [0.15, 0.2) is 0 Å². The van der Waals surface area contributed by atoms with Gasteiger partial charge in [-0.25, -0.2) is 19.4 Å². The van der Waals surface area contributed by atoms with Crippen molar-refractivity contribution in [3.8, 4) is 0 Å². The molecule has 0 spiro atoms. The second-order valence-electron chi connectivity index (χ2n) is 9.52. The van der Waals surface area contributed by atoms with Crippen LogP contribution in [0, 0.1) is 0 Å². The van der Waals surface area contributed by atoms with Gasteiger partial charge in [-0.1, -0.05) is 91.0 Å². The van der Waals surface area contributed by atoms with Crippen LogP contribution in [-0.4, -0.2) is 58.1 Å². The van der Waals surface area contributed by atoms with Crippen LogP contribution in [0.25, 0.3) is 0 Å². The third-order valence-electron chi connectivity index (χ3n) is 6.47. The summed E-state index contributed by atoms with van der Waals surface area (Å²) in [5.74, 6) is -1.49. The molecule has 11 heteroatoms. The van der Waals surface area contributed by atoms with E-state index in [1.54, 1.807) is 72.8 Å². The molecule has 222 valence electrons. The standard InChI is InChI=1S/C32H32N4O7/c1-41-30(38)27(17-23-11-5-2-6-12-23)35-29(37)28(18-26-19-33-22-34-26)36(31(39)42-20-24-13-7-3-8-14-24)32(40)43-21-25-15-9-4-10-16-25/h2-16,19,22,27-28H,17-18,20-21H2,1H3,(H,33,34)(H,35,37)/t27-,28-/m1/s1. The molecule has 0 radical (unpaired) electrons. The molecule has 0 fully saturated rings. The van der Waals surface area contributed by atoms with Gasteiger partial charge in [0.25, 0.3) is 0 Å². The SMILES string of the molecule is COC(=O)[C@@H](Cc1ccccc1)NC(=O)[C@@H](Cc1cnc[nH]1)N(C(=O)OCc1ccccc1)C(=O)OCc1ccccc1. The first-order valence-corrected chi connectivity index (χ1v) is 13.5. The molecule has 11 nitrogen and oxygen atoms in total. The number of rotatable bonds is 12.